The first-order chi connectivity index (χ1) is 13.5. The van der Waals surface area contributed by atoms with Gasteiger partial charge in [-0.1, -0.05) is 6.07 Å². The lowest BCUT2D eigenvalue weighted by atomic mass is 9.94. The van der Waals surface area contributed by atoms with Gasteiger partial charge in [-0.25, -0.2) is 0 Å². The van der Waals surface area contributed by atoms with Crippen molar-refractivity contribution in [1.82, 2.24) is 0 Å². The Balaban J connectivity index is 2.03. The molecule has 1 aliphatic rings. The standard InChI is InChI=1S/C20H19ClO7/c1-25-12-5-3-4-10-17(23)16-14(26-2)7-13-11(19(16)28-18(10)12)6-15(27-13)20(24,8-21)9-22/h3-5,7,15,22,24H,6,8-9H2,1-2H3. The highest BCUT2D eigenvalue weighted by atomic mass is 35.5. The number of halogens is 1. The van der Waals surface area contributed by atoms with Crippen molar-refractivity contribution in [3.8, 4) is 17.2 Å². The van der Waals surface area contributed by atoms with Crippen molar-refractivity contribution < 1.29 is 28.8 Å². The van der Waals surface area contributed by atoms with Crippen molar-refractivity contribution in [3.05, 3.63) is 40.1 Å². The fraction of sp³-hybridized carbons (Fsp3) is 0.350. The Morgan fingerprint density at radius 3 is 2.64 bits per heavy atom. The van der Waals surface area contributed by atoms with E-state index in [1.807, 2.05) is 0 Å². The van der Waals surface area contributed by atoms with Gasteiger partial charge in [0.2, 0.25) is 5.43 Å². The molecule has 2 heterocycles. The molecule has 8 heteroatoms. The lowest BCUT2D eigenvalue weighted by Gasteiger charge is -2.29. The summed E-state index contributed by atoms with van der Waals surface area (Å²) in [5.41, 5.74) is -0.671. The first kappa shape index (κ1) is 18.9. The Morgan fingerprint density at radius 1 is 1.25 bits per heavy atom. The van der Waals surface area contributed by atoms with E-state index in [4.69, 9.17) is 30.2 Å². The van der Waals surface area contributed by atoms with Crippen LogP contribution >= 0.6 is 11.6 Å². The van der Waals surface area contributed by atoms with Gasteiger partial charge in [0.25, 0.3) is 0 Å². The maximum Gasteiger partial charge on any atom is 0.204 e. The second-order valence-corrected chi connectivity index (χ2v) is 7.00. The van der Waals surface area contributed by atoms with E-state index in [2.05, 4.69) is 0 Å². The molecule has 0 fully saturated rings. The van der Waals surface area contributed by atoms with Crippen LogP contribution in [0.4, 0.5) is 0 Å². The minimum absolute atomic E-state index is 0.210. The summed E-state index contributed by atoms with van der Waals surface area (Å²) in [6.45, 7) is -0.565. The van der Waals surface area contributed by atoms with Gasteiger partial charge in [0, 0.05) is 18.1 Å². The molecule has 0 aliphatic carbocycles. The van der Waals surface area contributed by atoms with Crippen LogP contribution in [0.25, 0.3) is 21.9 Å². The number of fused-ring (bicyclic) bond motifs is 4. The van der Waals surface area contributed by atoms with Crippen LogP contribution < -0.4 is 19.6 Å². The number of benzene rings is 2. The minimum Gasteiger partial charge on any atom is -0.496 e. The average molecular weight is 407 g/mol. The summed E-state index contributed by atoms with van der Waals surface area (Å²) in [7, 11) is 2.95. The predicted octanol–water partition coefficient (Wildman–Crippen LogP) is 2.23. The summed E-state index contributed by atoms with van der Waals surface area (Å²) in [4.78, 5) is 13.2. The molecule has 7 nitrogen and oxygen atoms in total. The van der Waals surface area contributed by atoms with E-state index in [0.717, 1.165) is 0 Å². The highest BCUT2D eigenvalue weighted by Crippen LogP contribution is 2.43. The molecule has 2 atom stereocenters. The van der Waals surface area contributed by atoms with Crippen molar-refractivity contribution in [2.45, 2.75) is 18.1 Å². The Bertz CT molecular complexity index is 1120. The summed E-state index contributed by atoms with van der Waals surface area (Å²) >= 11 is 5.85. The molecule has 0 amide bonds. The second-order valence-electron chi connectivity index (χ2n) is 6.73. The van der Waals surface area contributed by atoms with Crippen LogP contribution in [-0.2, 0) is 6.42 Å². The zero-order valence-corrected chi connectivity index (χ0v) is 16.1. The Kier molecular flexibility index (Phi) is 4.61. The molecule has 0 spiro atoms. The number of hydrogen-bond donors (Lipinski definition) is 2. The second kappa shape index (κ2) is 6.84. The molecule has 2 unspecified atom stereocenters. The molecule has 2 N–H and O–H groups in total. The maximum absolute atomic E-state index is 13.2. The third-order valence-electron chi connectivity index (χ3n) is 5.17. The first-order valence-corrected chi connectivity index (χ1v) is 9.20. The lowest BCUT2D eigenvalue weighted by molar-refractivity contribution is -0.0702. The molecule has 0 radical (unpaired) electrons. The van der Waals surface area contributed by atoms with Crippen LogP contribution in [0.3, 0.4) is 0 Å². The average Bonchev–Trinajstić information content (AvgIpc) is 3.17. The third-order valence-corrected chi connectivity index (χ3v) is 5.63. The van der Waals surface area contributed by atoms with E-state index >= 15 is 0 Å². The normalized spacial score (nSPS) is 18.0. The van der Waals surface area contributed by atoms with E-state index < -0.39 is 18.3 Å². The molecule has 0 bridgehead atoms. The Morgan fingerprint density at radius 2 is 2.00 bits per heavy atom. The fourth-order valence-corrected chi connectivity index (χ4v) is 3.80. The number of ether oxygens (including phenoxy) is 3. The van der Waals surface area contributed by atoms with Crippen LogP contribution in [0.5, 0.6) is 17.2 Å². The molecule has 1 aliphatic heterocycles. The van der Waals surface area contributed by atoms with E-state index in [9.17, 15) is 15.0 Å². The molecule has 148 valence electrons. The zero-order valence-electron chi connectivity index (χ0n) is 15.3. The van der Waals surface area contributed by atoms with Crippen LogP contribution in [0.1, 0.15) is 5.56 Å². The monoisotopic (exact) mass is 406 g/mol. The van der Waals surface area contributed by atoms with E-state index in [0.29, 0.717) is 39.4 Å². The quantitative estimate of drug-likeness (QED) is 0.495. The van der Waals surface area contributed by atoms with Gasteiger partial charge in [-0.3, -0.25) is 4.79 Å². The molecular formula is C20H19ClO7. The molecule has 3 aromatic rings. The van der Waals surface area contributed by atoms with Crippen LogP contribution in [-0.4, -0.2) is 48.6 Å². The van der Waals surface area contributed by atoms with Gasteiger partial charge in [-0.05, 0) is 12.1 Å². The smallest absolute Gasteiger partial charge is 0.204 e. The van der Waals surface area contributed by atoms with Gasteiger partial charge in [0.05, 0.1) is 32.1 Å². The topological polar surface area (TPSA) is 98.4 Å². The first-order valence-electron chi connectivity index (χ1n) is 8.66. The molecule has 4 rings (SSSR count). The molecule has 28 heavy (non-hydrogen) atoms. The van der Waals surface area contributed by atoms with Gasteiger partial charge < -0.3 is 28.8 Å². The van der Waals surface area contributed by atoms with Crippen LogP contribution in [0, 0.1) is 0 Å². The summed E-state index contributed by atoms with van der Waals surface area (Å²) < 4.78 is 22.7. The van der Waals surface area contributed by atoms with Crippen molar-refractivity contribution in [1.29, 1.82) is 0 Å². The highest BCUT2D eigenvalue weighted by molar-refractivity contribution is 6.18. The summed E-state index contributed by atoms with van der Waals surface area (Å²) in [5, 5.41) is 20.8. The molecule has 0 saturated carbocycles. The number of rotatable bonds is 5. The fourth-order valence-electron chi connectivity index (χ4n) is 3.55. The lowest BCUT2D eigenvalue weighted by Crippen LogP contribution is -2.50. The summed E-state index contributed by atoms with van der Waals surface area (Å²) in [6.07, 6.45) is -0.581. The third kappa shape index (κ3) is 2.62. The van der Waals surface area contributed by atoms with Crippen molar-refractivity contribution in [2.75, 3.05) is 26.7 Å². The number of methoxy groups -OCH3 is 2. The highest BCUT2D eigenvalue weighted by Gasteiger charge is 2.43. The molecular weight excluding hydrogens is 388 g/mol. The number of para-hydroxylation sites is 1. The van der Waals surface area contributed by atoms with Gasteiger partial charge in [-0.2, -0.15) is 0 Å². The summed E-state index contributed by atoms with van der Waals surface area (Å²) in [5.74, 6) is 0.920. The number of aliphatic hydroxyl groups is 2. The zero-order chi connectivity index (χ0) is 20.1. The number of hydrogen-bond acceptors (Lipinski definition) is 7. The Labute approximate surface area is 165 Å². The van der Waals surface area contributed by atoms with Crippen molar-refractivity contribution >= 4 is 33.5 Å². The van der Waals surface area contributed by atoms with Crippen LogP contribution in [0.2, 0.25) is 0 Å². The van der Waals surface area contributed by atoms with Gasteiger partial charge >= 0.3 is 0 Å². The van der Waals surface area contributed by atoms with Gasteiger partial charge in [0.1, 0.15) is 34.2 Å². The van der Waals surface area contributed by atoms with Crippen molar-refractivity contribution in [3.63, 3.8) is 0 Å². The summed E-state index contributed by atoms with van der Waals surface area (Å²) in [6, 6.07) is 6.67. The SMILES string of the molecule is COc1cccc2c(=O)c3c(OC)cc4c(c3oc12)CC(C(O)(CO)CCl)O4. The van der Waals surface area contributed by atoms with Gasteiger partial charge in [-0.15, -0.1) is 11.6 Å². The molecule has 2 aromatic carbocycles. The van der Waals surface area contributed by atoms with E-state index in [1.165, 1.54) is 14.2 Å². The number of alkyl halides is 1. The Hall–Kier alpha value is -2.48. The maximum atomic E-state index is 13.2. The molecule has 0 saturated heterocycles. The molecule has 1 aromatic heterocycles. The predicted molar refractivity (Wildman–Crippen MR) is 104 cm³/mol. The van der Waals surface area contributed by atoms with Crippen LogP contribution in [0.15, 0.2) is 33.5 Å². The van der Waals surface area contributed by atoms with E-state index in [1.54, 1.807) is 24.3 Å². The largest absolute Gasteiger partial charge is 0.496 e. The minimum atomic E-state index is -1.63. The van der Waals surface area contributed by atoms with Crippen molar-refractivity contribution in [2.24, 2.45) is 0 Å². The van der Waals surface area contributed by atoms with E-state index in [-0.39, 0.29) is 23.1 Å². The number of aliphatic hydroxyl groups excluding tert-OH is 1. The van der Waals surface area contributed by atoms with Gasteiger partial charge in [0.15, 0.2) is 11.3 Å².